The number of hydrogen-bond acceptors (Lipinski definition) is 4. The van der Waals surface area contributed by atoms with Crippen molar-refractivity contribution in [3.63, 3.8) is 0 Å². The number of para-hydroxylation sites is 2. The molecule has 1 unspecified atom stereocenters. The molecular formula is C21H22N4S. The van der Waals surface area contributed by atoms with Crippen LogP contribution in [0.3, 0.4) is 0 Å². The molecule has 26 heavy (non-hydrogen) atoms. The first kappa shape index (κ1) is 16.9. The maximum Gasteiger partial charge on any atom is 0.131 e. The van der Waals surface area contributed by atoms with Gasteiger partial charge in [0.1, 0.15) is 5.82 Å². The molecule has 0 saturated carbocycles. The lowest BCUT2D eigenvalue weighted by Gasteiger charge is -2.19. The standard InChI is InChI=1S/C21H22N4S/c1-15-23-17(14-26-15)12-13-22-20(16-8-4-3-5-9-16)21-24-18-10-6-7-11-19(18)25(21)2/h3-11,14,20,22H,12-13H2,1-2H3. The van der Waals surface area contributed by atoms with E-state index in [9.17, 15) is 0 Å². The van der Waals surface area contributed by atoms with Crippen LogP contribution in [0.1, 0.15) is 28.1 Å². The van der Waals surface area contributed by atoms with E-state index in [1.54, 1.807) is 11.3 Å². The fourth-order valence-electron chi connectivity index (χ4n) is 3.29. The molecule has 4 nitrogen and oxygen atoms in total. The van der Waals surface area contributed by atoms with E-state index in [0.717, 1.165) is 40.5 Å². The lowest BCUT2D eigenvalue weighted by molar-refractivity contribution is 0.562. The lowest BCUT2D eigenvalue weighted by atomic mass is 10.1. The van der Waals surface area contributed by atoms with E-state index < -0.39 is 0 Å². The van der Waals surface area contributed by atoms with Crippen molar-refractivity contribution in [1.29, 1.82) is 0 Å². The van der Waals surface area contributed by atoms with Gasteiger partial charge in [0.05, 0.1) is 27.8 Å². The molecule has 132 valence electrons. The predicted octanol–water partition coefficient (Wildman–Crippen LogP) is 4.26. The lowest BCUT2D eigenvalue weighted by Crippen LogP contribution is -2.27. The Labute approximate surface area is 157 Å². The zero-order chi connectivity index (χ0) is 17.9. The first-order valence-corrected chi connectivity index (χ1v) is 9.71. The van der Waals surface area contributed by atoms with E-state index in [2.05, 4.69) is 69.8 Å². The van der Waals surface area contributed by atoms with E-state index in [1.807, 2.05) is 19.1 Å². The summed E-state index contributed by atoms with van der Waals surface area (Å²) in [5, 5.41) is 6.96. The number of benzene rings is 2. The van der Waals surface area contributed by atoms with Gasteiger partial charge in [0.25, 0.3) is 0 Å². The minimum Gasteiger partial charge on any atom is -0.330 e. The van der Waals surface area contributed by atoms with Crippen molar-refractivity contribution in [2.75, 3.05) is 6.54 Å². The van der Waals surface area contributed by atoms with Crippen molar-refractivity contribution >= 4 is 22.4 Å². The summed E-state index contributed by atoms with van der Waals surface area (Å²) in [6.45, 7) is 2.90. The van der Waals surface area contributed by atoms with Crippen LogP contribution in [-0.2, 0) is 13.5 Å². The number of imidazole rings is 1. The highest BCUT2D eigenvalue weighted by molar-refractivity contribution is 7.09. The molecular weight excluding hydrogens is 340 g/mol. The van der Waals surface area contributed by atoms with E-state index in [-0.39, 0.29) is 6.04 Å². The molecule has 2 aromatic carbocycles. The normalized spacial score (nSPS) is 12.5. The van der Waals surface area contributed by atoms with Gasteiger partial charge in [-0.05, 0) is 24.6 Å². The van der Waals surface area contributed by atoms with Crippen molar-refractivity contribution in [3.05, 3.63) is 82.1 Å². The first-order chi connectivity index (χ1) is 12.7. The Balaban J connectivity index is 1.63. The quantitative estimate of drug-likeness (QED) is 0.557. The fraction of sp³-hybridized carbons (Fsp3) is 0.238. The predicted molar refractivity (Wildman–Crippen MR) is 108 cm³/mol. The van der Waals surface area contributed by atoms with Crippen LogP contribution < -0.4 is 5.32 Å². The molecule has 0 radical (unpaired) electrons. The van der Waals surface area contributed by atoms with Gasteiger partial charge >= 0.3 is 0 Å². The Hall–Kier alpha value is -2.50. The van der Waals surface area contributed by atoms with Crippen LogP contribution in [0.4, 0.5) is 0 Å². The summed E-state index contributed by atoms with van der Waals surface area (Å²) < 4.78 is 2.19. The molecule has 4 aromatic rings. The molecule has 0 saturated heterocycles. The molecule has 0 bridgehead atoms. The third-order valence-electron chi connectivity index (χ3n) is 4.61. The smallest absolute Gasteiger partial charge is 0.131 e. The second-order valence-corrected chi connectivity index (χ2v) is 7.49. The van der Waals surface area contributed by atoms with Crippen LogP contribution in [0.5, 0.6) is 0 Å². The Morgan fingerprint density at radius 2 is 1.81 bits per heavy atom. The molecule has 5 heteroatoms. The van der Waals surface area contributed by atoms with Gasteiger partial charge < -0.3 is 9.88 Å². The largest absolute Gasteiger partial charge is 0.330 e. The highest BCUT2D eigenvalue weighted by atomic mass is 32.1. The minimum atomic E-state index is 0.0494. The number of aryl methyl sites for hydroxylation is 2. The summed E-state index contributed by atoms with van der Waals surface area (Å²) in [6.07, 6.45) is 0.914. The molecule has 0 aliphatic heterocycles. The van der Waals surface area contributed by atoms with Gasteiger partial charge in [-0.1, -0.05) is 42.5 Å². The van der Waals surface area contributed by atoms with Crippen molar-refractivity contribution in [2.45, 2.75) is 19.4 Å². The highest BCUT2D eigenvalue weighted by Crippen LogP contribution is 2.25. The molecule has 1 N–H and O–H groups in total. The molecule has 2 heterocycles. The van der Waals surface area contributed by atoms with Gasteiger partial charge in [-0.2, -0.15) is 0 Å². The Morgan fingerprint density at radius 3 is 2.54 bits per heavy atom. The second-order valence-electron chi connectivity index (χ2n) is 6.42. The number of aromatic nitrogens is 3. The van der Waals surface area contributed by atoms with Gasteiger partial charge in [0.2, 0.25) is 0 Å². The Kier molecular flexibility index (Phi) is 4.82. The van der Waals surface area contributed by atoms with Crippen molar-refractivity contribution in [3.8, 4) is 0 Å². The summed E-state index contributed by atoms with van der Waals surface area (Å²) >= 11 is 1.71. The summed E-state index contributed by atoms with van der Waals surface area (Å²) in [6, 6.07) is 18.9. The summed E-state index contributed by atoms with van der Waals surface area (Å²) in [4.78, 5) is 9.47. The Morgan fingerprint density at radius 1 is 1.04 bits per heavy atom. The van der Waals surface area contributed by atoms with Crippen molar-refractivity contribution in [1.82, 2.24) is 19.9 Å². The van der Waals surface area contributed by atoms with E-state index in [4.69, 9.17) is 4.98 Å². The van der Waals surface area contributed by atoms with Crippen LogP contribution in [0.2, 0.25) is 0 Å². The maximum absolute atomic E-state index is 4.91. The first-order valence-electron chi connectivity index (χ1n) is 8.83. The van der Waals surface area contributed by atoms with Crippen molar-refractivity contribution < 1.29 is 0 Å². The Bertz CT molecular complexity index is 1000. The average Bonchev–Trinajstić information content (AvgIpc) is 3.23. The number of nitrogens with one attached hydrogen (secondary N) is 1. The number of hydrogen-bond donors (Lipinski definition) is 1. The van der Waals surface area contributed by atoms with Crippen LogP contribution >= 0.6 is 11.3 Å². The molecule has 0 spiro atoms. The van der Waals surface area contributed by atoms with Crippen molar-refractivity contribution in [2.24, 2.45) is 7.05 Å². The van der Waals surface area contributed by atoms with Crippen LogP contribution in [0.15, 0.2) is 60.0 Å². The highest BCUT2D eigenvalue weighted by Gasteiger charge is 2.20. The average molecular weight is 363 g/mol. The van der Waals surface area contributed by atoms with Crippen LogP contribution in [0.25, 0.3) is 11.0 Å². The SMILES string of the molecule is Cc1nc(CCNC(c2ccccc2)c2nc3ccccc3n2C)cs1. The molecule has 0 amide bonds. The van der Waals surface area contributed by atoms with Gasteiger partial charge in [0, 0.05) is 25.4 Å². The van der Waals surface area contributed by atoms with Crippen LogP contribution in [-0.4, -0.2) is 21.1 Å². The summed E-state index contributed by atoms with van der Waals surface area (Å²) in [7, 11) is 2.09. The molecule has 0 aliphatic rings. The number of fused-ring (bicyclic) bond motifs is 1. The summed E-state index contributed by atoms with van der Waals surface area (Å²) in [5.74, 6) is 1.03. The van der Waals surface area contributed by atoms with Gasteiger partial charge in [-0.25, -0.2) is 9.97 Å². The van der Waals surface area contributed by atoms with E-state index in [0.29, 0.717) is 0 Å². The molecule has 0 fully saturated rings. The zero-order valence-corrected chi connectivity index (χ0v) is 15.8. The topological polar surface area (TPSA) is 42.7 Å². The molecule has 0 aliphatic carbocycles. The zero-order valence-electron chi connectivity index (χ0n) is 15.0. The monoisotopic (exact) mass is 362 g/mol. The van der Waals surface area contributed by atoms with Crippen LogP contribution in [0, 0.1) is 6.92 Å². The number of rotatable bonds is 6. The van der Waals surface area contributed by atoms with E-state index >= 15 is 0 Å². The van der Waals surface area contributed by atoms with Gasteiger partial charge in [0.15, 0.2) is 0 Å². The number of nitrogens with zero attached hydrogens (tertiary/aromatic N) is 3. The van der Waals surface area contributed by atoms with E-state index in [1.165, 1.54) is 5.56 Å². The summed E-state index contributed by atoms with van der Waals surface area (Å²) in [5.41, 5.74) is 4.56. The second kappa shape index (κ2) is 7.40. The molecule has 4 rings (SSSR count). The third kappa shape index (κ3) is 3.41. The maximum atomic E-state index is 4.91. The third-order valence-corrected chi connectivity index (χ3v) is 5.43. The minimum absolute atomic E-state index is 0.0494. The number of thiazole rings is 1. The van der Waals surface area contributed by atoms with Gasteiger partial charge in [-0.3, -0.25) is 0 Å². The molecule has 1 atom stereocenters. The van der Waals surface area contributed by atoms with Gasteiger partial charge in [-0.15, -0.1) is 11.3 Å². The molecule has 2 aromatic heterocycles. The fourth-order valence-corrected chi connectivity index (χ4v) is 3.94.